The molecule has 0 bridgehead atoms. The van der Waals surface area contributed by atoms with E-state index < -0.39 is 0 Å². The van der Waals surface area contributed by atoms with Crippen molar-refractivity contribution in [2.75, 3.05) is 18.0 Å². The molecule has 2 rings (SSSR count). The summed E-state index contributed by atoms with van der Waals surface area (Å²) in [5.41, 5.74) is 2.35. The van der Waals surface area contributed by atoms with Gasteiger partial charge in [0.2, 0.25) is 0 Å². The number of aromatic nitrogens is 1. The maximum atomic E-state index is 4.43. The van der Waals surface area contributed by atoms with Gasteiger partial charge >= 0.3 is 0 Å². The SMILES string of the molecule is CCC1CNC(C(C)C)CN1c1ccc(C)nc1. The van der Waals surface area contributed by atoms with Gasteiger partial charge in [-0.05, 0) is 31.4 Å². The maximum Gasteiger partial charge on any atom is 0.0556 e. The van der Waals surface area contributed by atoms with Crippen molar-refractivity contribution >= 4 is 5.69 Å². The van der Waals surface area contributed by atoms with Crippen molar-refractivity contribution in [1.29, 1.82) is 0 Å². The molecule has 2 unspecified atom stereocenters. The number of aryl methyl sites for hydroxylation is 1. The summed E-state index contributed by atoms with van der Waals surface area (Å²) in [6.45, 7) is 11.0. The lowest BCUT2D eigenvalue weighted by molar-refractivity contribution is 0.325. The summed E-state index contributed by atoms with van der Waals surface area (Å²) in [6, 6.07) is 5.47. The van der Waals surface area contributed by atoms with E-state index in [-0.39, 0.29) is 0 Å². The van der Waals surface area contributed by atoms with Crippen molar-refractivity contribution in [3.05, 3.63) is 24.0 Å². The third kappa shape index (κ3) is 2.83. The van der Waals surface area contributed by atoms with E-state index in [1.807, 2.05) is 13.1 Å². The number of hydrogen-bond acceptors (Lipinski definition) is 3. The van der Waals surface area contributed by atoms with E-state index >= 15 is 0 Å². The van der Waals surface area contributed by atoms with E-state index in [1.165, 1.54) is 12.1 Å². The summed E-state index contributed by atoms with van der Waals surface area (Å²) in [6.07, 6.45) is 3.19. The predicted octanol–water partition coefficient (Wildman–Crippen LogP) is 2.60. The van der Waals surface area contributed by atoms with Gasteiger partial charge < -0.3 is 10.2 Å². The number of pyridine rings is 1. The minimum Gasteiger partial charge on any atom is -0.364 e. The highest BCUT2D eigenvalue weighted by molar-refractivity contribution is 5.46. The minimum absolute atomic E-state index is 0.578. The predicted molar refractivity (Wildman–Crippen MR) is 77.0 cm³/mol. The summed E-state index contributed by atoms with van der Waals surface area (Å²) in [4.78, 5) is 6.95. The number of piperazine rings is 1. The number of anilines is 1. The van der Waals surface area contributed by atoms with Gasteiger partial charge in [0.15, 0.2) is 0 Å². The van der Waals surface area contributed by atoms with E-state index in [0.29, 0.717) is 18.0 Å². The molecule has 1 aliphatic heterocycles. The molecule has 0 spiro atoms. The van der Waals surface area contributed by atoms with Gasteiger partial charge in [-0.2, -0.15) is 0 Å². The van der Waals surface area contributed by atoms with E-state index in [0.717, 1.165) is 18.8 Å². The fourth-order valence-corrected chi connectivity index (χ4v) is 2.58. The lowest BCUT2D eigenvalue weighted by Gasteiger charge is -2.43. The normalized spacial score (nSPS) is 24.6. The fraction of sp³-hybridized carbons (Fsp3) is 0.667. The second-order valence-electron chi connectivity index (χ2n) is 5.63. The first-order valence-electron chi connectivity index (χ1n) is 7.04. The van der Waals surface area contributed by atoms with Gasteiger partial charge in [0.05, 0.1) is 11.9 Å². The van der Waals surface area contributed by atoms with Gasteiger partial charge in [0.25, 0.3) is 0 Å². The molecule has 3 nitrogen and oxygen atoms in total. The monoisotopic (exact) mass is 247 g/mol. The Morgan fingerprint density at radius 3 is 2.78 bits per heavy atom. The van der Waals surface area contributed by atoms with Gasteiger partial charge in [-0.15, -0.1) is 0 Å². The quantitative estimate of drug-likeness (QED) is 0.890. The summed E-state index contributed by atoms with van der Waals surface area (Å²) in [5, 5.41) is 3.67. The zero-order valence-electron chi connectivity index (χ0n) is 12.0. The molecular weight excluding hydrogens is 222 g/mol. The highest BCUT2D eigenvalue weighted by atomic mass is 15.2. The number of rotatable bonds is 3. The molecule has 1 aromatic heterocycles. The van der Waals surface area contributed by atoms with Crippen molar-refractivity contribution in [3.8, 4) is 0 Å². The first kappa shape index (κ1) is 13.3. The third-order valence-corrected chi connectivity index (χ3v) is 3.95. The second-order valence-corrected chi connectivity index (χ2v) is 5.63. The average Bonchev–Trinajstić information content (AvgIpc) is 2.39. The molecule has 0 amide bonds. The van der Waals surface area contributed by atoms with E-state index in [1.54, 1.807) is 0 Å². The largest absolute Gasteiger partial charge is 0.364 e. The Morgan fingerprint density at radius 1 is 1.44 bits per heavy atom. The second kappa shape index (κ2) is 5.70. The summed E-state index contributed by atoms with van der Waals surface area (Å²) >= 11 is 0. The van der Waals surface area contributed by atoms with Crippen LogP contribution in [0.1, 0.15) is 32.9 Å². The Balaban J connectivity index is 2.18. The van der Waals surface area contributed by atoms with Crippen LogP contribution in [0.2, 0.25) is 0 Å². The molecule has 1 aromatic rings. The van der Waals surface area contributed by atoms with Crippen molar-refractivity contribution in [3.63, 3.8) is 0 Å². The average molecular weight is 247 g/mol. The highest BCUT2D eigenvalue weighted by Gasteiger charge is 2.28. The summed E-state index contributed by atoms with van der Waals surface area (Å²) in [5.74, 6) is 0.670. The van der Waals surface area contributed by atoms with E-state index in [9.17, 15) is 0 Å². The minimum atomic E-state index is 0.578. The smallest absolute Gasteiger partial charge is 0.0556 e. The molecule has 18 heavy (non-hydrogen) atoms. The van der Waals surface area contributed by atoms with Crippen LogP contribution in [-0.4, -0.2) is 30.2 Å². The summed E-state index contributed by atoms with van der Waals surface area (Å²) in [7, 11) is 0. The molecular formula is C15H25N3. The lowest BCUT2D eigenvalue weighted by Crippen LogP contribution is -2.58. The lowest BCUT2D eigenvalue weighted by atomic mass is 9.98. The Bertz CT molecular complexity index is 372. The fourth-order valence-electron chi connectivity index (χ4n) is 2.58. The Hall–Kier alpha value is -1.09. The number of hydrogen-bond donors (Lipinski definition) is 1. The zero-order valence-corrected chi connectivity index (χ0v) is 12.0. The van der Waals surface area contributed by atoms with Crippen LogP contribution >= 0.6 is 0 Å². The van der Waals surface area contributed by atoms with Crippen LogP contribution in [0.4, 0.5) is 5.69 Å². The molecule has 1 saturated heterocycles. The van der Waals surface area contributed by atoms with Crippen LogP contribution in [-0.2, 0) is 0 Å². The van der Waals surface area contributed by atoms with Gasteiger partial charge in [-0.1, -0.05) is 20.8 Å². The molecule has 0 saturated carbocycles. The molecule has 100 valence electrons. The molecule has 1 fully saturated rings. The van der Waals surface area contributed by atoms with Crippen LogP contribution in [0.3, 0.4) is 0 Å². The van der Waals surface area contributed by atoms with Crippen molar-refractivity contribution in [2.24, 2.45) is 5.92 Å². The standard InChI is InChI=1S/C15H25N3/c1-5-13-8-17-15(11(2)3)10-18(13)14-7-6-12(4)16-9-14/h6-7,9,11,13,15,17H,5,8,10H2,1-4H3. The topological polar surface area (TPSA) is 28.2 Å². The Labute approximate surface area is 111 Å². The van der Waals surface area contributed by atoms with Crippen molar-refractivity contribution < 1.29 is 0 Å². The van der Waals surface area contributed by atoms with Gasteiger partial charge in [0, 0.05) is 30.9 Å². The molecule has 0 aliphatic carbocycles. The van der Waals surface area contributed by atoms with Crippen LogP contribution in [0.15, 0.2) is 18.3 Å². The van der Waals surface area contributed by atoms with E-state index in [4.69, 9.17) is 0 Å². The van der Waals surface area contributed by atoms with Gasteiger partial charge in [-0.25, -0.2) is 0 Å². The maximum absolute atomic E-state index is 4.43. The molecule has 2 heterocycles. The van der Waals surface area contributed by atoms with Crippen LogP contribution in [0.25, 0.3) is 0 Å². The first-order chi connectivity index (χ1) is 8.61. The van der Waals surface area contributed by atoms with Crippen molar-refractivity contribution in [1.82, 2.24) is 10.3 Å². The van der Waals surface area contributed by atoms with Gasteiger partial charge in [0.1, 0.15) is 0 Å². The third-order valence-electron chi connectivity index (χ3n) is 3.95. The summed E-state index contributed by atoms with van der Waals surface area (Å²) < 4.78 is 0. The van der Waals surface area contributed by atoms with Crippen molar-refractivity contribution in [2.45, 2.75) is 46.2 Å². The van der Waals surface area contributed by atoms with Crippen LogP contribution in [0, 0.1) is 12.8 Å². The molecule has 1 N–H and O–H groups in total. The van der Waals surface area contributed by atoms with E-state index in [2.05, 4.69) is 48.1 Å². The first-order valence-corrected chi connectivity index (χ1v) is 7.04. The highest BCUT2D eigenvalue weighted by Crippen LogP contribution is 2.22. The Morgan fingerprint density at radius 2 is 2.22 bits per heavy atom. The van der Waals surface area contributed by atoms with Crippen LogP contribution in [0.5, 0.6) is 0 Å². The molecule has 3 heteroatoms. The Kier molecular flexibility index (Phi) is 4.23. The molecule has 0 aromatic carbocycles. The molecule has 1 aliphatic rings. The van der Waals surface area contributed by atoms with Gasteiger partial charge in [-0.3, -0.25) is 4.98 Å². The zero-order chi connectivity index (χ0) is 13.1. The number of nitrogens with zero attached hydrogens (tertiary/aromatic N) is 2. The number of nitrogens with one attached hydrogen (secondary N) is 1. The molecule has 0 radical (unpaired) electrons. The molecule has 2 atom stereocenters. The van der Waals surface area contributed by atoms with Crippen LogP contribution < -0.4 is 10.2 Å².